The number of carbonyl (C=O) groups excluding carboxylic acids is 1. The zero-order valence-electron chi connectivity index (χ0n) is 28.1. The Bertz CT molecular complexity index is 1460. The fraction of sp³-hybridized carbons (Fsp3) is 0.423. The number of nitrogens with zero attached hydrogens (tertiary/aromatic N) is 4. The first kappa shape index (κ1) is 15.0. The fourth-order valence-electron chi connectivity index (χ4n) is 3.93. The summed E-state index contributed by atoms with van der Waals surface area (Å²) in [5.74, 6) is -2.62. The number of halogens is 1. The lowest BCUT2D eigenvalue weighted by atomic mass is 9.92. The number of ether oxygens (including phenoxy) is 1. The van der Waals surface area contributed by atoms with Crippen molar-refractivity contribution in [3.05, 3.63) is 64.3 Å². The van der Waals surface area contributed by atoms with Crippen molar-refractivity contribution in [3.8, 4) is 0 Å². The van der Waals surface area contributed by atoms with Crippen LogP contribution < -0.4 is 15.1 Å². The molecule has 4 rings (SSSR count). The summed E-state index contributed by atoms with van der Waals surface area (Å²) in [6.07, 6.45) is 3.33. The molecule has 0 spiro atoms. The number of aromatic nitrogens is 2. The van der Waals surface area contributed by atoms with Gasteiger partial charge in [-0.25, -0.2) is 9.97 Å². The van der Waals surface area contributed by atoms with Gasteiger partial charge in [0.2, 0.25) is 5.95 Å². The molecule has 0 saturated carbocycles. The highest BCUT2D eigenvalue weighted by Crippen LogP contribution is 2.35. The molecule has 2 aliphatic rings. The van der Waals surface area contributed by atoms with Crippen LogP contribution >= 0.6 is 11.6 Å². The van der Waals surface area contributed by atoms with Crippen LogP contribution in [0.5, 0.6) is 0 Å². The first-order valence-corrected chi connectivity index (χ1v) is 11.1. The molecule has 2 aromatic rings. The summed E-state index contributed by atoms with van der Waals surface area (Å²) < 4.78 is 77.3. The smallest absolute Gasteiger partial charge is 0.257 e. The van der Waals surface area contributed by atoms with E-state index in [0.29, 0.717) is 28.9 Å². The Morgan fingerprint density at radius 1 is 1.41 bits per heavy atom. The van der Waals surface area contributed by atoms with E-state index in [9.17, 15) is 4.79 Å². The average molecular weight is 491 g/mol. The Balaban J connectivity index is 1.66. The van der Waals surface area contributed by atoms with Crippen LogP contribution in [0.15, 0.2) is 42.4 Å². The van der Waals surface area contributed by atoms with Crippen molar-refractivity contribution >= 4 is 35.2 Å². The Hall–Kier alpha value is -3.06. The fourth-order valence-corrected chi connectivity index (χ4v) is 4.09. The van der Waals surface area contributed by atoms with Gasteiger partial charge in [0, 0.05) is 54.3 Å². The summed E-state index contributed by atoms with van der Waals surface area (Å²) in [5.41, 5.74) is 2.56. The van der Waals surface area contributed by atoms with Crippen LogP contribution in [0.25, 0.3) is 6.08 Å². The third-order valence-corrected chi connectivity index (χ3v) is 5.89. The monoisotopic (exact) mass is 490 g/mol. The Morgan fingerprint density at radius 3 is 2.91 bits per heavy atom. The minimum absolute atomic E-state index is 0.0852. The van der Waals surface area contributed by atoms with Gasteiger partial charge in [-0.05, 0) is 42.0 Å². The number of piperidine rings is 1. The lowest BCUT2D eigenvalue weighted by Crippen LogP contribution is -2.39. The molecule has 1 saturated heterocycles. The molecule has 0 aliphatic carbocycles. The third-order valence-electron chi connectivity index (χ3n) is 5.58. The normalized spacial score (nSPS) is 27.7. The Morgan fingerprint density at radius 2 is 2.18 bits per heavy atom. The number of amides is 1. The predicted molar refractivity (Wildman–Crippen MR) is 137 cm³/mol. The van der Waals surface area contributed by atoms with Crippen molar-refractivity contribution in [2.24, 2.45) is 11.8 Å². The molecule has 7 nitrogen and oxygen atoms in total. The van der Waals surface area contributed by atoms with Crippen molar-refractivity contribution in [2.45, 2.75) is 26.7 Å². The molecule has 8 heteroatoms. The molecule has 2 aliphatic heterocycles. The molecular formula is C26H32ClN5O2. The number of benzene rings is 1. The van der Waals surface area contributed by atoms with Crippen LogP contribution in [0.1, 0.15) is 49.4 Å². The van der Waals surface area contributed by atoms with Crippen LogP contribution in [-0.2, 0) is 16.0 Å². The minimum Gasteiger partial charge on any atom is -0.482 e. The van der Waals surface area contributed by atoms with Crippen molar-refractivity contribution in [1.82, 2.24) is 15.3 Å². The first-order chi connectivity index (χ1) is 19.6. The number of hydrogen-bond acceptors (Lipinski definition) is 6. The maximum absolute atomic E-state index is 12.2. The number of rotatable bonds is 6. The number of likely N-dealkylation sites (N-methyl/N-ethyl adjacent to an activating group) is 2. The van der Waals surface area contributed by atoms with E-state index in [4.69, 9.17) is 28.7 Å². The van der Waals surface area contributed by atoms with Gasteiger partial charge >= 0.3 is 0 Å². The average Bonchev–Trinajstić information content (AvgIpc) is 2.86. The summed E-state index contributed by atoms with van der Waals surface area (Å²) in [7, 11) is 1.67. The third kappa shape index (κ3) is 5.20. The van der Waals surface area contributed by atoms with Gasteiger partial charge in [0.1, 0.15) is 5.76 Å². The van der Waals surface area contributed by atoms with E-state index in [1.54, 1.807) is 43.2 Å². The zero-order valence-corrected chi connectivity index (χ0v) is 19.9. The second kappa shape index (κ2) is 10.1. The maximum Gasteiger partial charge on any atom is 0.257 e. The van der Waals surface area contributed by atoms with E-state index in [0.717, 1.165) is 4.90 Å². The zero-order chi connectivity index (χ0) is 32.3. The molecule has 3 heterocycles. The number of fused-ring (bicyclic) bond motifs is 1. The summed E-state index contributed by atoms with van der Waals surface area (Å²) in [6.45, 7) is -2.65. The van der Waals surface area contributed by atoms with Gasteiger partial charge in [0.05, 0.1) is 25.4 Å². The molecule has 2 atom stereocenters. The second-order valence-electron chi connectivity index (χ2n) is 8.34. The van der Waals surface area contributed by atoms with Crippen molar-refractivity contribution in [3.63, 3.8) is 0 Å². The molecule has 1 aromatic carbocycles. The number of nitrogens with one attached hydrogen (secondary N) is 1. The lowest BCUT2D eigenvalue weighted by Gasteiger charge is -2.35. The van der Waals surface area contributed by atoms with Crippen LogP contribution in [0, 0.1) is 11.8 Å². The Labute approximate surface area is 219 Å². The van der Waals surface area contributed by atoms with Crippen LogP contribution in [-0.4, -0.2) is 49.5 Å². The van der Waals surface area contributed by atoms with Crippen molar-refractivity contribution < 1.29 is 21.9 Å². The molecule has 180 valence electrons. The second-order valence-corrected chi connectivity index (χ2v) is 8.75. The minimum atomic E-state index is -3.01. The van der Waals surface area contributed by atoms with Gasteiger partial charge in [-0.15, -0.1) is 0 Å². The van der Waals surface area contributed by atoms with E-state index in [2.05, 4.69) is 16.5 Å². The molecule has 1 fully saturated rings. The topological polar surface area (TPSA) is 70.6 Å². The SMILES string of the molecule is [2H]C([2H])([2H])NC(=O)C([2H])([2H])OC1=Cc2cc(Cc3nc(N4C([2H])([2H])[C@H](C)C[C@H](C)C4([2H])[2H])ncc3Cl)ccc2N(C)C1=C. The van der Waals surface area contributed by atoms with E-state index < -0.39 is 44.3 Å². The van der Waals surface area contributed by atoms with Gasteiger partial charge in [-0.3, -0.25) is 4.79 Å². The van der Waals surface area contributed by atoms with E-state index in [1.165, 1.54) is 12.3 Å². The van der Waals surface area contributed by atoms with Gasteiger partial charge in [-0.2, -0.15) is 0 Å². The van der Waals surface area contributed by atoms with Crippen LogP contribution in [0.4, 0.5) is 11.6 Å². The summed E-state index contributed by atoms with van der Waals surface area (Å²) in [6, 6.07) is 5.37. The maximum atomic E-state index is 12.2. The quantitative estimate of drug-likeness (QED) is 0.652. The predicted octanol–water partition coefficient (Wildman–Crippen LogP) is 4.27. The molecule has 1 N–H and O–H groups in total. The van der Waals surface area contributed by atoms with E-state index >= 15 is 0 Å². The number of anilines is 2. The standard InChI is InChI=1S/C26H32ClN5O2/c1-16-8-17(2)14-32(13-16)26-29-12-21(27)22(30-26)10-19-6-7-23-20(9-19)11-24(18(3)31(23)5)34-15-25(33)28-4/h6-7,9,11-12,16-17H,3,8,10,13-15H2,1-2,4-5H3,(H,28,33)/t16-,17+/i4D3,13D2,14D2,15D2. The molecule has 1 aromatic heterocycles. The summed E-state index contributed by atoms with van der Waals surface area (Å²) in [4.78, 5) is 23.5. The molecule has 0 unspecified atom stereocenters. The molecule has 0 bridgehead atoms. The molecular weight excluding hydrogens is 450 g/mol. The number of hydrogen-bond donors (Lipinski definition) is 1. The van der Waals surface area contributed by atoms with Gasteiger partial charge in [0.25, 0.3) is 5.91 Å². The highest BCUT2D eigenvalue weighted by Gasteiger charge is 2.25. The largest absolute Gasteiger partial charge is 0.482 e. The molecule has 34 heavy (non-hydrogen) atoms. The highest BCUT2D eigenvalue weighted by molar-refractivity contribution is 6.31. The van der Waals surface area contributed by atoms with Crippen LogP contribution in [0.2, 0.25) is 5.02 Å². The van der Waals surface area contributed by atoms with Gasteiger partial charge in [0.15, 0.2) is 6.56 Å². The molecule has 1 amide bonds. The van der Waals surface area contributed by atoms with Crippen LogP contribution in [0.3, 0.4) is 0 Å². The molecule has 0 radical (unpaired) electrons. The summed E-state index contributed by atoms with van der Waals surface area (Å²) >= 11 is 6.44. The van der Waals surface area contributed by atoms with Crippen molar-refractivity contribution in [1.29, 1.82) is 0 Å². The van der Waals surface area contributed by atoms with E-state index in [1.807, 2.05) is 6.07 Å². The van der Waals surface area contributed by atoms with Gasteiger partial charge < -0.3 is 19.9 Å². The Kier molecular flexibility index (Phi) is 4.45. The number of carbonyl (C=O) groups is 1. The first-order valence-electron chi connectivity index (χ1n) is 15.3. The van der Waals surface area contributed by atoms with Crippen molar-refractivity contribution in [2.75, 3.05) is 43.4 Å². The lowest BCUT2D eigenvalue weighted by molar-refractivity contribution is -0.123. The highest BCUT2D eigenvalue weighted by atomic mass is 35.5. The van der Waals surface area contributed by atoms with Gasteiger partial charge in [-0.1, -0.05) is 38.1 Å². The van der Waals surface area contributed by atoms with E-state index in [-0.39, 0.29) is 28.8 Å². The summed E-state index contributed by atoms with van der Waals surface area (Å²) in [5, 5.41) is 1.80.